The molecule has 0 saturated heterocycles. The summed E-state index contributed by atoms with van der Waals surface area (Å²) in [6.07, 6.45) is 0. The van der Waals surface area contributed by atoms with Crippen LogP contribution in [-0.4, -0.2) is 13.2 Å². The second-order valence-electron chi connectivity index (χ2n) is 6.65. The zero-order valence-electron chi connectivity index (χ0n) is 14.2. The van der Waals surface area contributed by atoms with Crippen molar-refractivity contribution >= 4 is 14.0 Å². The molecule has 124 valence electrons. The molecule has 0 unspecified atom stereocenters. The Morgan fingerprint density at radius 3 is 2.00 bits per heavy atom. The molecule has 0 radical (unpaired) electrons. The molecular weight excluding hydrogens is 301 g/mol. The van der Waals surface area contributed by atoms with Gasteiger partial charge in [-0.05, 0) is 34.3 Å². The number of rotatable bonds is 7. The lowest BCUT2D eigenvalue weighted by Crippen LogP contribution is -2.47. The molecule has 22 heavy (non-hydrogen) atoms. The van der Waals surface area contributed by atoms with E-state index in [1.54, 1.807) is 6.07 Å². The monoisotopic (exact) mass is 327 g/mol. The Labute approximate surface area is 133 Å². The van der Waals surface area contributed by atoms with Crippen molar-refractivity contribution in [2.24, 2.45) is 0 Å². The van der Waals surface area contributed by atoms with Gasteiger partial charge in [0.2, 0.25) is 14.1 Å². The first-order valence-corrected chi connectivity index (χ1v) is 9.83. The highest BCUT2D eigenvalue weighted by atomic mass is 28.4. The number of hydrogen-bond acceptors (Lipinski definition) is 3. The number of benzene rings is 1. The lowest BCUT2D eigenvalue weighted by molar-refractivity contribution is -0.387. The summed E-state index contributed by atoms with van der Waals surface area (Å²) in [4.78, 5) is 9.95. The zero-order chi connectivity index (χ0) is 17.1. The standard InChI is InChI=1S/C16H26FNO3Si/c1-11(2)22(12(3)4,13(5)6)21-10-14-7-8-16(18(19)20)15(17)9-14/h7-9,11-13H,10H2,1-6H3. The van der Waals surface area contributed by atoms with Crippen molar-refractivity contribution in [2.45, 2.75) is 64.8 Å². The van der Waals surface area contributed by atoms with Crippen LogP contribution < -0.4 is 0 Å². The number of nitro groups is 1. The van der Waals surface area contributed by atoms with Gasteiger partial charge in [-0.25, -0.2) is 0 Å². The molecule has 1 rings (SSSR count). The highest BCUT2D eigenvalue weighted by Gasteiger charge is 2.44. The van der Waals surface area contributed by atoms with Crippen molar-refractivity contribution in [3.63, 3.8) is 0 Å². The van der Waals surface area contributed by atoms with Crippen LogP contribution in [0.15, 0.2) is 18.2 Å². The van der Waals surface area contributed by atoms with Gasteiger partial charge in [0, 0.05) is 6.07 Å². The molecule has 0 aliphatic rings. The summed E-state index contributed by atoms with van der Waals surface area (Å²) >= 11 is 0. The third kappa shape index (κ3) is 3.73. The minimum absolute atomic E-state index is 0.301. The second-order valence-corrected chi connectivity index (χ2v) is 12.1. The van der Waals surface area contributed by atoms with Gasteiger partial charge in [0.25, 0.3) is 0 Å². The van der Waals surface area contributed by atoms with Crippen molar-refractivity contribution in [2.75, 3.05) is 0 Å². The molecule has 0 saturated carbocycles. The predicted molar refractivity (Wildman–Crippen MR) is 88.9 cm³/mol. The Morgan fingerprint density at radius 1 is 1.14 bits per heavy atom. The molecule has 4 nitrogen and oxygen atoms in total. The summed E-state index contributed by atoms with van der Waals surface area (Å²) in [7, 11) is -2.02. The fourth-order valence-electron chi connectivity index (χ4n) is 3.50. The normalized spacial score (nSPS) is 12.5. The third-order valence-electron chi connectivity index (χ3n) is 4.40. The average Bonchev–Trinajstić information content (AvgIpc) is 2.37. The van der Waals surface area contributed by atoms with Gasteiger partial charge in [0.15, 0.2) is 0 Å². The molecule has 0 N–H and O–H groups in total. The maximum absolute atomic E-state index is 13.7. The summed E-state index contributed by atoms with van der Waals surface area (Å²) in [5.41, 5.74) is 1.46. The molecule has 0 aliphatic carbocycles. The van der Waals surface area contributed by atoms with Gasteiger partial charge in [-0.2, -0.15) is 4.39 Å². The van der Waals surface area contributed by atoms with Crippen LogP contribution in [0.25, 0.3) is 0 Å². The van der Waals surface area contributed by atoms with E-state index in [1.165, 1.54) is 12.1 Å². The molecule has 0 aromatic heterocycles. The topological polar surface area (TPSA) is 52.4 Å². The molecule has 1 aromatic rings. The van der Waals surface area contributed by atoms with Gasteiger partial charge in [0.05, 0.1) is 11.5 Å². The number of halogens is 1. The number of hydrogen-bond donors (Lipinski definition) is 0. The summed E-state index contributed by atoms with van der Waals surface area (Å²) in [6.45, 7) is 13.4. The van der Waals surface area contributed by atoms with Crippen molar-refractivity contribution < 1.29 is 13.7 Å². The van der Waals surface area contributed by atoms with Crippen molar-refractivity contribution in [3.8, 4) is 0 Å². The predicted octanol–water partition coefficient (Wildman–Crippen LogP) is 5.43. The lowest BCUT2D eigenvalue weighted by Gasteiger charge is -2.42. The van der Waals surface area contributed by atoms with E-state index in [0.29, 0.717) is 28.8 Å². The van der Waals surface area contributed by atoms with E-state index < -0.39 is 24.7 Å². The van der Waals surface area contributed by atoms with Crippen LogP contribution in [0.1, 0.15) is 47.1 Å². The molecule has 1 aromatic carbocycles. The van der Waals surface area contributed by atoms with Gasteiger partial charge < -0.3 is 4.43 Å². The van der Waals surface area contributed by atoms with E-state index in [2.05, 4.69) is 41.5 Å². The average molecular weight is 327 g/mol. The molecule has 6 heteroatoms. The van der Waals surface area contributed by atoms with E-state index in [9.17, 15) is 14.5 Å². The van der Waals surface area contributed by atoms with Crippen LogP contribution >= 0.6 is 0 Å². The van der Waals surface area contributed by atoms with Crippen LogP contribution in [0.5, 0.6) is 0 Å². The van der Waals surface area contributed by atoms with Crippen molar-refractivity contribution in [3.05, 3.63) is 39.7 Å². The fraction of sp³-hybridized carbons (Fsp3) is 0.625. The number of nitrogens with zero attached hydrogens (tertiary/aromatic N) is 1. The number of nitro benzene ring substituents is 1. The van der Waals surface area contributed by atoms with Crippen LogP contribution in [0.4, 0.5) is 10.1 Å². The van der Waals surface area contributed by atoms with Crippen LogP contribution in [0.3, 0.4) is 0 Å². The van der Waals surface area contributed by atoms with Gasteiger partial charge in [-0.15, -0.1) is 0 Å². The minimum Gasteiger partial charge on any atom is -0.412 e. The molecule has 0 heterocycles. The Balaban J connectivity index is 2.99. The molecule has 0 fully saturated rings. The van der Waals surface area contributed by atoms with Crippen molar-refractivity contribution in [1.82, 2.24) is 0 Å². The first kappa shape index (κ1) is 18.8. The van der Waals surface area contributed by atoms with Crippen LogP contribution in [0.2, 0.25) is 16.6 Å². The Bertz CT molecular complexity index is 510. The zero-order valence-corrected chi connectivity index (χ0v) is 15.2. The summed E-state index contributed by atoms with van der Waals surface area (Å²) in [5, 5.41) is 10.7. The quantitative estimate of drug-likeness (QED) is 0.381. The van der Waals surface area contributed by atoms with Crippen LogP contribution in [0, 0.1) is 15.9 Å². The smallest absolute Gasteiger partial charge is 0.304 e. The fourth-order valence-corrected chi connectivity index (χ4v) is 8.91. The largest absolute Gasteiger partial charge is 0.412 e. The molecule has 0 amide bonds. The highest BCUT2D eigenvalue weighted by molar-refractivity contribution is 6.77. The highest BCUT2D eigenvalue weighted by Crippen LogP contribution is 2.42. The third-order valence-corrected chi connectivity index (χ3v) is 10.5. The Hall–Kier alpha value is -1.27. The van der Waals surface area contributed by atoms with Crippen molar-refractivity contribution in [1.29, 1.82) is 0 Å². The minimum atomic E-state index is -2.02. The lowest BCUT2D eigenvalue weighted by atomic mass is 10.2. The molecular formula is C16H26FNO3Si. The summed E-state index contributed by atoms with van der Waals surface area (Å²) < 4.78 is 20.1. The first-order valence-electron chi connectivity index (χ1n) is 7.69. The Morgan fingerprint density at radius 2 is 1.64 bits per heavy atom. The van der Waals surface area contributed by atoms with E-state index in [0.717, 1.165) is 0 Å². The van der Waals surface area contributed by atoms with Gasteiger partial charge in [-0.3, -0.25) is 10.1 Å². The maximum atomic E-state index is 13.7. The SMILES string of the molecule is CC(C)[Si](OCc1ccc([N+](=O)[O-])c(F)c1)(C(C)C)C(C)C. The molecule has 0 aliphatic heterocycles. The second kappa shape index (κ2) is 7.33. The first-order chi connectivity index (χ1) is 10.1. The molecule has 0 spiro atoms. The van der Waals surface area contributed by atoms with Crippen LogP contribution in [-0.2, 0) is 11.0 Å². The van der Waals surface area contributed by atoms with E-state index in [4.69, 9.17) is 4.43 Å². The summed E-state index contributed by atoms with van der Waals surface area (Å²) in [5.74, 6) is -0.808. The van der Waals surface area contributed by atoms with Gasteiger partial charge in [0.1, 0.15) is 0 Å². The van der Waals surface area contributed by atoms with E-state index >= 15 is 0 Å². The Kier molecular flexibility index (Phi) is 6.25. The van der Waals surface area contributed by atoms with Gasteiger partial charge in [-0.1, -0.05) is 41.5 Å². The maximum Gasteiger partial charge on any atom is 0.304 e. The molecule has 0 bridgehead atoms. The van der Waals surface area contributed by atoms with E-state index in [1.807, 2.05) is 0 Å². The molecule has 0 atom stereocenters. The summed E-state index contributed by atoms with van der Waals surface area (Å²) in [6, 6.07) is 3.98. The van der Waals surface area contributed by atoms with E-state index in [-0.39, 0.29) is 0 Å². The van der Waals surface area contributed by atoms with Gasteiger partial charge >= 0.3 is 5.69 Å².